The molecule has 0 spiro atoms. The third-order valence-corrected chi connectivity index (χ3v) is 3.50. The van der Waals surface area contributed by atoms with Crippen LogP contribution in [0.4, 0.5) is 0 Å². The van der Waals surface area contributed by atoms with E-state index in [-0.39, 0.29) is 17.7 Å². The number of hydrogen-bond donors (Lipinski definition) is 2. The standard InChI is InChI=1S/C14H20N2O3/c1-3-16(11-6-7-15-9-11)14(18)10-4-5-13(19-2)12(17)8-10/h4-5,8,11,15,17H,3,6-7,9H2,1-2H3. The molecule has 1 unspecified atom stereocenters. The molecular formula is C14H20N2O3. The highest BCUT2D eigenvalue weighted by Gasteiger charge is 2.26. The molecule has 0 radical (unpaired) electrons. The van der Waals surface area contributed by atoms with Crippen LogP contribution in [0.1, 0.15) is 23.7 Å². The van der Waals surface area contributed by atoms with Crippen molar-refractivity contribution in [2.24, 2.45) is 0 Å². The highest BCUT2D eigenvalue weighted by atomic mass is 16.5. The van der Waals surface area contributed by atoms with Crippen LogP contribution in [0.2, 0.25) is 0 Å². The number of hydrogen-bond acceptors (Lipinski definition) is 4. The Balaban J connectivity index is 2.19. The fraction of sp³-hybridized carbons (Fsp3) is 0.500. The fourth-order valence-corrected chi connectivity index (χ4v) is 2.46. The number of phenolic OH excluding ortho intramolecular Hbond substituents is 1. The zero-order valence-electron chi connectivity index (χ0n) is 11.3. The lowest BCUT2D eigenvalue weighted by Crippen LogP contribution is -2.41. The van der Waals surface area contributed by atoms with Crippen molar-refractivity contribution >= 4 is 5.91 Å². The fourth-order valence-electron chi connectivity index (χ4n) is 2.46. The molecule has 5 heteroatoms. The molecule has 2 rings (SSSR count). The Morgan fingerprint density at radius 3 is 2.89 bits per heavy atom. The number of benzene rings is 1. The van der Waals surface area contributed by atoms with E-state index in [4.69, 9.17) is 4.74 Å². The molecule has 1 aromatic carbocycles. The van der Waals surface area contributed by atoms with Crippen molar-refractivity contribution < 1.29 is 14.6 Å². The van der Waals surface area contributed by atoms with E-state index in [0.717, 1.165) is 19.5 Å². The SMILES string of the molecule is CCN(C(=O)c1ccc(OC)c(O)c1)C1CCNC1. The summed E-state index contributed by atoms with van der Waals surface area (Å²) in [6.07, 6.45) is 0.974. The van der Waals surface area contributed by atoms with Crippen molar-refractivity contribution in [3.63, 3.8) is 0 Å². The van der Waals surface area contributed by atoms with Crippen LogP contribution in [-0.4, -0.2) is 48.7 Å². The van der Waals surface area contributed by atoms with Crippen molar-refractivity contribution in [3.05, 3.63) is 23.8 Å². The summed E-state index contributed by atoms with van der Waals surface area (Å²) in [6, 6.07) is 5.00. The van der Waals surface area contributed by atoms with E-state index in [1.165, 1.54) is 13.2 Å². The van der Waals surface area contributed by atoms with Crippen LogP contribution >= 0.6 is 0 Å². The van der Waals surface area contributed by atoms with Crippen LogP contribution in [0.5, 0.6) is 11.5 Å². The molecule has 1 saturated heterocycles. The third-order valence-electron chi connectivity index (χ3n) is 3.50. The van der Waals surface area contributed by atoms with Crippen LogP contribution < -0.4 is 10.1 Å². The Morgan fingerprint density at radius 2 is 2.37 bits per heavy atom. The zero-order valence-corrected chi connectivity index (χ0v) is 11.3. The van der Waals surface area contributed by atoms with Gasteiger partial charge in [0.2, 0.25) is 0 Å². The molecule has 1 amide bonds. The number of amides is 1. The molecule has 1 aliphatic heterocycles. The first-order valence-corrected chi connectivity index (χ1v) is 6.56. The van der Waals surface area contributed by atoms with Gasteiger partial charge < -0.3 is 20.1 Å². The van der Waals surface area contributed by atoms with Gasteiger partial charge in [0, 0.05) is 24.7 Å². The first-order chi connectivity index (χ1) is 9.17. The van der Waals surface area contributed by atoms with Crippen molar-refractivity contribution in [2.45, 2.75) is 19.4 Å². The summed E-state index contributed by atoms with van der Waals surface area (Å²) in [5, 5.41) is 13.0. The number of aromatic hydroxyl groups is 1. The van der Waals surface area contributed by atoms with E-state index in [1.807, 2.05) is 11.8 Å². The summed E-state index contributed by atoms with van der Waals surface area (Å²) in [6.45, 7) is 4.42. The van der Waals surface area contributed by atoms with Gasteiger partial charge in [-0.05, 0) is 38.1 Å². The lowest BCUT2D eigenvalue weighted by molar-refractivity contribution is 0.0703. The summed E-state index contributed by atoms with van der Waals surface area (Å²) < 4.78 is 4.98. The third kappa shape index (κ3) is 2.81. The Bertz CT molecular complexity index is 456. The van der Waals surface area contributed by atoms with Crippen LogP contribution in [0.15, 0.2) is 18.2 Å². The summed E-state index contributed by atoms with van der Waals surface area (Å²) >= 11 is 0. The van der Waals surface area contributed by atoms with E-state index in [2.05, 4.69) is 5.32 Å². The van der Waals surface area contributed by atoms with Gasteiger partial charge in [0.05, 0.1) is 7.11 Å². The first-order valence-electron chi connectivity index (χ1n) is 6.56. The molecule has 0 aliphatic carbocycles. The predicted molar refractivity (Wildman–Crippen MR) is 72.6 cm³/mol. The summed E-state index contributed by atoms with van der Waals surface area (Å²) in [4.78, 5) is 14.3. The number of rotatable bonds is 4. The maximum atomic E-state index is 12.5. The van der Waals surface area contributed by atoms with Crippen LogP contribution in [-0.2, 0) is 0 Å². The smallest absolute Gasteiger partial charge is 0.254 e. The molecule has 2 N–H and O–H groups in total. The maximum Gasteiger partial charge on any atom is 0.254 e. The Kier molecular flexibility index (Phi) is 4.27. The minimum Gasteiger partial charge on any atom is -0.504 e. The lowest BCUT2D eigenvalue weighted by Gasteiger charge is -2.27. The molecule has 1 aliphatic rings. The number of likely N-dealkylation sites (N-methyl/N-ethyl adjacent to an activating group) is 1. The Labute approximate surface area is 113 Å². The van der Waals surface area contributed by atoms with Gasteiger partial charge in [0.1, 0.15) is 0 Å². The van der Waals surface area contributed by atoms with E-state index >= 15 is 0 Å². The van der Waals surface area contributed by atoms with Crippen molar-refractivity contribution in [2.75, 3.05) is 26.7 Å². The second-order valence-electron chi connectivity index (χ2n) is 4.62. The molecule has 0 saturated carbocycles. The van der Waals surface area contributed by atoms with Gasteiger partial charge >= 0.3 is 0 Å². The van der Waals surface area contributed by atoms with Gasteiger partial charge in [0.15, 0.2) is 11.5 Å². The van der Waals surface area contributed by atoms with Crippen molar-refractivity contribution in [1.82, 2.24) is 10.2 Å². The van der Waals surface area contributed by atoms with Gasteiger partial charge in [-0.3, -0.25) is 4.79 Å². The lowest BCUT2D eigenvalue weighted by atomic mass is 10.1. The van der Waals surface area contributed by atoms with E-state index < -0.39 is 0 Å². The molecule has 1 heterocycles. The number of methoxy groups -OCH3 is 1. The van der Waals surface area contributed by atoms with E-state index in [1.54, 1.807) is 12.1 Å². The molecule has 1 fully saturated rings. The van der Waals surface area contributed by atoms with Gasteiger partial charge in [-0.2, -0.15) is 0 Å². The second kappa shape index (κ2) is 5.93. The van der Waals surface area contributed by atoms with Crippen LogP contribution in [0, 0.1) is 0 Å². The van der Waals surface area contributed by atoms with Gasteiger partial charge in [-0.25, -0.2) is 0 Å². The summed E-state index contributed by atoms with van der Waals surface area (Å²) in [5.74, 6) is 0.324. The minimum absolute atomic E-state index is 0.00560. The summed E-state index contributed by atoms with van der Waals surface area (Å²) in [5.41, 5.74) is 0.493. The van der Waals surface area contributed by atoms with Gasteiger partial charge in [0.25, 0.3) is 5.91 Å². The van der Waals surface area contributed by atoms with Gasteiger partial charge in [-0.1, -0.05) is 0 Å². The highest BCUT2D eigenvalue weighted by molar-refractivity contribution is 5.95. The van der Waals surface area contributed by atoms with Crippen LogP contribution in [0.3, 0.4) is 0 Å². The molecule has 1 atom stereocenters. The monoisotopic (exact) mass is 264 g/mol. The topological polar surface area (TPSA) is 61.8 Å². The Morgan fingerprint density at radius 1 is 1.58 bits per heavy atom. The number of carbonyl (C=O) groups excluding carboxylic acids is 1. The number of nitrogens with one attached hydrogen (secondary N) is 1. The molecule has 1 aromatic rings. The second-order valence-corrected chi connectivity index (χ2v) is 4.62. The molecule has 104 valence electrons. The number of carbonyl (C=O) groups is 1. The summed E-state index contributed by atoms with van der Waals surface area (Å²) in [7, 11) is 1.49. The molecule has 19 heavy (non-hydrogen) atoms. The zero-order chi connectivity index (χ0) is 13.8. The van der Waals surface area contributed by atoms with Crippen molar-refractivity contribution in [1.29, 1.82) is 0 Å². The molecule has 5 nitrogen and oxygen atoms in total. The number of nitrogens with zero attached hydrogens (tertiary/aromatic N) is 1. The van der Waals surface area contributed by atoms with E-state index in [9.17, 15) is 9.90 Å². The van der Waals surface area contributed by atoms with Gasteiger partial charge in [-0.15, -0.1) is 0 Å². The first kappa shape index (κ1) is 13.7. The minimum atomic E-state index is -0.0471. The average molecular weight is 264 g/mol. The maximum absolute atomic E-state index is 12.5. The van der Waals surface area contributed by atoms with Crippen LogP contribution in [0.25, 0.3) is 0 Å². The van der Waals surface area contributed by atoms with Crippen molar-refractivity contribution in [3.8, 4) is 11.5 Å². The van der Waals surface area contributed by atoms with E-state index in [0.29, 0.717) is 17.9 Å². The number of ether oxygens (including phenoxy) is 1. The largest absolute Gasteiger partial charge is 0.504 e. The number of phenols is 1. The molecular weight excluding hydrogens is 244 g/mol. The highest BCUT2D eigenvalue weighted by Crippen LogP contribution is 2.27. The molecule has 0 bridgehead atoms. The normalized spacial score (nSPS) is 18.3. The average Bonchev–Trinajstić information content (AvgIpc) is 2.93. The quantitative estimate of drug-likeness (QED) is 0.858. The Hall–Kier alpha value is -1.75. The predicted octanol–water partition coefficient (Wildman–Crippen LogP) is 1.22. The molecule has 0 aromatic heterocycles.